The third-order valence-corrected chi connectivity index (χ3v) is 3.30. The average molecular weight is 239 g/mol. The minimum atomic E-state index is -0.420. The molecule has 0 bridgehead atoms. The number of nitrogens with zero attached hydrogens (tertiary/aromatic N) is 1. The monoisotopic (exact) mass is 239 g/mol. The molecule has 1 atom stereocenters. The van der Waals surface area contributed by atoms with Crippen molar-refractivity contribution in [2.75, 3.05) is 0 Å². The Kier molecular flexibility index (Phi) is 2.23. The number of aldehydes is 1. The zero-order valence-corrected chi connectivity index (χ0v) is 9.37. The molecule has 1 unspecified atom stereocenters. The fraction of sp³-hybridized carbons (Fsp3) is 0.0714. The molecule has 2 aromatic carbocycles. The first-order valence-electron chi connectivity index (χ1n) is 5.55. The van der Waals surface area contributed by atoms with Crippen LogP contribution in [-0.2, 0) is 4.79 Å². The third kappa shape index (κ3) is 1.35. The number of hydrogen-bond donors (Lipinski definition) is 0. The molecule has 0 fully saturated rings. The maximum absolute atomic E-state index is 11.2. The van der Waals surface area contributed by atoms with E-state index in [0.29, 0.717) is 0 Å². The summed E-state index contributed by atoms with van der Waals surface area (Å²) in [5.41, 5.74) is 3.51. The SMILES string of the molecule is O=CC1c2ccccc2-c2cc([N+](=O)[O-])ccc21. The largest absolute Gasteiger partial charge is 0.302 e. The molecule has 1 aliphatic carbocycles. The van der Waals surface area contributed by atoms with Gasteiger partial charge in [0.25, 0.3) is 5.69 Å². The summed E-state index contributed by atoms with van der Waals surface area (Å²) in [6.45, 7) is 0. The summed E-state index contributed by atoms with van der Waals surface area (Å²) in [7, 11) is 0. The van der Waals surface area contributed by atoms with Gasteiger partial charge >= 0.3 is 0 Å². The average Bonchev–Trinajstić information content (AvgIpc) is 2.71. The summed E-state index contributed by atoms with van der Waals surface area (Å²) < 4.78 is 0. The first-order chi connectivity index (χ1) is 8.72. The molecular weight excluding hydrogens is 230 g/mol. The van der Waals surface area contributed by atoms with Crippen LogP contribution < -0.4 is 0 Å². The molecule has 4 heteroatoms. The Hall–Kier alpha value is -2.49. The number of benzene rings is 2. The molecule has 2 aromatic rings. The molecular formula is C14H9NO3. The molecule has 0 aromatic heterocycles. The van der Waals surface area contributed by atoms with Gasteiger partial charge in [0.15, 0.2) is 0 Å². The highest BCUT2D eigenvalue weighted by atomic mass is 16.6. The molecule has 0 saturated carbocycles. The first kappa shape index (κ1) is 10.7. The molecule has 0 spiro atoms. The second-order valence-electron chi connectivity index (χ2n) is 4.23. The van der Waals surface area contributed by atoms with E-state index in [2.05, 4.69) is 0 Å². The maximum Gasteiger partial charge on any atom is 0.270 e. The Bertz CT molecular complexity index is 664. The summed E-state index contributed by atoms with van der Waals surface area (Å²) in [5, 5.41) is 10.8. The normalized spacial score (nSPS) is 15.9. The number of nitro benzene ring substituents is 1. The van der Waals surface area contributed by atoms with Crippen LogP contribution in [0.4, 0.5) is 5.69 Å². The molecule has 3 rings (SSSR count). The lowest BCUT2D eigenvalue weighted by atomic mass is 9.99. The van der Waals surface area contributed by atoms with Gasteiger partial charge < -0.3 is 4.79 Å². The van der Waals surface area contributed by atoms with E-state index in [9.17, 15) is 14.9 Å². The fourth-order valence-corrected chi connectivity index (χ4v) is 2.49. The van der Waals surface area contributed by atoms with Crippen molar-refractivity contribution >= 4 is 12.0 Å². The smallest absolute Gasteiger partial charge is 0.270 e. The third-order valence-electron chi connectivity index (χ3n) is 3.30. The van der Waals surface area contributed by atoms with Crippen molar-refractivity contribution in [2.24, 2.45) is 0 Å². The van der Waals surface area contributed by atoms with Gasteiger partial charge in [-0.15, -0.1) is 0 Å². The van der Waals surface area contributed by atoms with Gasteiger partial charge in [-0.25, -0.2) is 0 Å². The van der Waals surface area contributed by atoms with Crippen molar-refractivity contribution in [2.45, 2.75) is 5.92 Å². The standard InChI is InChI=1S/C14H9NO3/c16-8-14-11-4-2-1-3-10(11)13-7-9(15(17)18)5-6-12(13)14/h1-8,14H. The minimum absolute atomic E-state index is 0.0510. The van der Waals surface area contributed by atoms with Crippen molar-refractivity contribution < 1.29 is 9.72 Å². The highest BCUT2D eigenvalue weighted by Gasteiger charge is 2.29. The van der Waals surface area contributed by atoms with E-state index in [0.717, 1.165) is 28.5 Å². The Balaban J connectivity index is 2.28. The zero-order valence-electron chi connectivity index (χ0n) is 9.37. The Morgan fingerprint density at radius 1 is 1.06 bits per heavy atom. The molecule has 0 radical (unpaired) electrons. The second kappa shape index (κ2) is 3.77. The number of rotatable bonds is 2. The van der Waals surface area contributed by atoms with Crippen molar-refractivity contribution in [1.82, 2.24) is 0 Å². The molecule has 0 amide bonds. The Labute approximate surface area is 103 Å². The van der Waals surface area contributed by atoms with Crippen molar-refractivity contribution in [1.29, 1.82) is 0 Å². The predicted octanol–water partition coefficient (Wildman–Crippen LogP) is 2.91. The molecule has 0 aliphatic heterocycles. The van der Waals surface area contributed by atoms with Gasteiger partial charge in [-0.1, -0.05) is 30.3 Å². The van der Waals surface area contributed by atoms with Crippen LogP contribution in [0.5, 0.6) is 0 Å². The van der Waals surface area contributed by atoms with Gasteiger partial charge in [0.2, 0.25) is 0 Å². The van der Waals surface area contributed by atoms with Gasteiger partial charge in [0, 0.05) is 12.1 Å². The van der Waals surface area contributed by atoms with E-state index in [1.165, 1.54) is 12.1 Å². The van der Waals surface area contributed by atoms with E-state index in [4.69, 9.17) is 0 Å². The summed E-state index contributed by atoms with van der Waals surface area (Å²) in [4.78, 5) is 21.6. The van der Waals surface area contributed by atoms with Crippen LogP contribution >= 0.6 is 0 Å². The molecule has 88 valence electrons. The summed E-state index contributed by atoms with van der Waals surface area (Å²) in [6, 6.07) is 12.2. The fourth-order valence-electron chi connectivity index (χ4n) is 2.49. The molecule has 0 saturated heterocycles. The minimum Gasteiger partial charge on any atom is -0.302 e. The van der Waals surface area contributed by atoms with Crippen LogP contribution in [0.15, 0.2) is 42.5 Å². The van der Waals surface area contributed by atoms with Crippen molar-refractivity contribution in [3.05, 3.63) is 63.7 Å². The highest BCUT2D eigenvalue weighted by Crippen LogP contribution is 2.44. The van der Waals surface area contributed by atoms with Crippen LogP contribution in [0.25, 0.3) is 11.1 Å². The highest BCUT2D eigenvalue weighted by molar-refractivity contribution is 5.88. The lowest BCUT2D eigenvalue weighted by molar-refractivity contribution is -0.384. The van der Waals surface area contributed by atoms with Crippen molar-refractivity contribution in [3.63, 3.8) is 0 Å². The van der Waals surface area contributed by atoms with Gasteiger partial charge in [0.05, 0.1) is 10.8 Å². The van der Waals surface area contributed by atoms with E-state index in [1.54, 1.807) is 6.07 Å². The summed E-state index contributed by atoms with van der Waals surface area (Å²) >= 11 is 0. The maximum atomic E-state index is 11.2. The summed E-state index contributed by atoms with van der Waals surface area (Å²) in [6.07, 6.45) is 0.885. The van der Waals surface area contributed by atoms with Gasteiger partial charge in [-0.2, -0.15) is 0 Å². The number of non-ortho nitro benzene ring substituents is 1. The lowest BCUT2D eigenvalue weighted by Crippen LogP contribution is -1.97. The number of hydrogen-bond acceptors (Lipinski definition) is 3. The first-order valence-corrected chi connectivity index (χ1v) is 5.55. The topological polar surface area (TPSA) is 60.2 Å². The quantitative estimate of drug-likeness (QED) is 0.460. The van der Waals surface area contributed by atoms with Gasteiger partial charge in [-0.05, 0) is 22.3 Å². The summed E-state index contributed by atoms with van der Waals surface area (Å²) in [5.74, 6) is -0.308. The Morgan fingerprint density at radius 3 is 2.50 bits per heavy atom. The molecule has 4 nitrogen and oxygen atoms in total. The molecule has 1 aliphatic rings. The van der Waals surface area contributed by atoms with Crippen LogP contribution in [0, 0.1) is 10.1 Å². The predicted molar refractivity (Wildman–Crippen MR) is 66.4 cm³/mol. The van der Waals surface area contributed by atoms with E-state index in [1.807, 2.05) is 24.3 Å². The second-order valence-corrected chi connectivity index (χ2v) is 4.23. The Morgan fingerprint density at radius 2 is 1.78 bits per heavy atom. The van der Waals surface area contributed by atoms with E-state index in [-0.39, 0.29) is 11.6 Å². The van der Waals surface area contributed by atoms with Crippen LogP contribution in [0.3, 0.4) is 0 Å². The van der Waals surface area contributed by atoms with Gasteiger partial charge in [0.1, 0.15) is 6.29 Å². The van der Waals surface area contributed by atoms with Crippen LogP contribution in [0.2, 0.25) is 0 Å². The van der Waals surface area contributed by atoms with E-state index >= 15 is 0 Å². The lowest BCUT2D eigenvalue weighted by Gasteiger charge is -2.03. The number of carbonyl (C=O) groups is 1. The molecule has 18 heavy (non-hydrogen) atoms. The number of fused-ring (bicyclic) bond motifs is 3. The number of nitro groups is 1. The van der Waals surface area contributed by atoms with Crippen molar-refractivity contribution in [3.8, 4) is 11.1 Å². The van der Waals surface area contributed by atoms with Gasteiger partial charge in [-0.3, -0.25) is 10.1 Å². The van der Waals surface area contributed by atoms with E-state index < -0.39 is 4.92 Å². The zero-order chi connectivity index (χ0) is 12.7. The number of carbonyl (C=O) groups excluding carboxylic acids is 1. The van der Waals surface area contributed by atoms with Crippen LogP contribution in [-0.4, -0.2) is 11.2 Å². The molecule has 0 N–H and O–H groups in total. The van der Waals surface area contributed by atoms with Crippen LogP contribution in [0.1, 0.15) is 17.0 Å². The molecule has 0 heterocycles.